The van der Waals surface area contributed by atoms with Gasteiger partial charge in [0.2, 0.25) is 5.88 Å². The summed E-state index contributed by atoms with van der Waals surface area (Å²) in [5.41, 5.74) is 1.48. The molecule has 0 amide bonds. The van der Waals surface area contributed by atoms with Gasteiger partial charge in [0.15, 0.2) is 5.65 Å². The maximum Gasteiger partial charge on any atom is 0.232 e. The molecule has 96 valence electrons. The van der Waals surface area contributed by atoms with E-state index < -0.39 is 0 Å². The highest BCUT2D eigenvalue weighted by Crippen LogP contribution is 2.15. The molecule has 0 atom stereocenters. The van der Waals surface area contributed by atoms with Crippen molar-refractivity contribution < 1.29 is 9.13 Å². The lowest BCUT2D eigenvalue weighted by Gasteiger charge is -2.05. The molecule has 0 aliphatic heterocycles. The quantitative estimate of drug-likeness (QED) is 0.743. The van der Waals surface area contributed by atoms with Gasteiger partial charge >= 0.3 is 0 Å². The summed E-state index contributed by atoms with van der Waals surface area (Å²) in [5.74, 6) is 0.178. The standard InChI is InChI=1S/C13H9BrFN3O/c14-11-7-16-12-4-5-13(17-18(11)12)19-8-9-2-1-3-10(15)6-9/h1-7H,8H2. The first-order valence-electron chi connectivity index (χ1n) is 5.60. The van der Waals surface area contributed by atoms with Gasteiger partial charge in [-0.3, -0.25) is 0 Å². The number of hydrogen-bond acceptors (Lipinski definition) is 3. The molecule has 1 aromatic carbocycles. The van der Waals surface area contributed by atoms with Gasteiger partial charge in [-0.05, 0) is 39.7 Å². The zero-order chi connectivity index (χ0) is 13.2. The Balaban J connectivity index is 1.79. The molecule has 2 heterocycles. The Labute approximate surface area is 117 Å². The molecule has 2 aromatic heterocycles. The monoisotopic (exact) mass is 321 g/mol. The summed E-state index contributed by atoms with van der Waals surface area (Å²) in [7, 11) is 0. The van der Waals surface area contributed by atoms with Gasteiger partial charge in [-0.25, -0.2) is 13.9 Å². The number of fused-ring (bicyclic) bond motifs is 1. The molecule has 0 saturated heterocycles. The maximum absolute atomic E-state index is 13.0. The second-order valence-electron chi connectivity index (χ2n) is 3.94. The Bertz CT molecular complexity index is 729. The summed E-state index contributed by atoms with van der Waals surface area (Å²) in [5, 5.41) is 4.26. The first-order valence-corrected chi connectivity index (χ1v) is 6.39. The molecule has 0 fully saturated rings. The normalized spacial score (nSPS) is 10.8. The van der Waals surface area contributed by atoms with Crippen LogP contribution in [0.3, 0.4) is 0 Å². The lowest BCUT2D eigenvalue weighted by molar-refractivity contribution is 0.288. The van der Waals surface area contributed by atoms with E-state index in [4.69, 9.17) is 4.74 Å². The molecule has 0 spiro atoms. The third kappa shape index (κ3) is 2.58. The first-order chi connectivity index (χ1) is 9.22. The Kier molecular flexibility index (Phi) is 3.16. The van der Waals surface area contributed by atoms with E-state index in [1.165, 1.54) is 12.1 Å². The molecule has 0 aliphatic carbocycles. The minimum atomic E-state index is -0.276. The molecular weight excluding hydrogens is 313 g/mol. The lowest BCUT2D eigenvalue weighted by Crippen LogP contribution is -2.01. The van der Waals surface area contributed by atoms with Crippen LogP contribution >= 0.6 is 15.9 Å². The number of ether oxygens (including phenoxy) is 1. The highest BCUT2D eigenvalue weighted by atomic mass is 79.9. The summed E-state index contributed by atoms with van der Waals surface area (Å²) in [6.45, 7) is 0.266. The van der Waals surface area contributed by atoms with Crippen molar-refractivity contribution in [2.45, 2.75) is 6.61 Å². The van der Waals surface area contributed by atoms with Crippen molar-refractivity contribution >= 4 is 21.6 Å². The zero-order valence-corrected chi connectivity index (χ0v) is 11.3. The number of hydrogen-bond donors (Lipinski definition) is 0. The molecule has 19 heavy (non-hydrogen) atoms. The molecule has 3 aromatic rings. The molecule has 0 unspecified atom stereocenters. The van der Waals surface area contributed by atoms with Crippen LogP contribution in [-0.2, 0) is 6.61 Å². The van der Waals surface area contributed by atoms with Crippen LogP contribution in [-0.4, -0.2) is 14.6 Å². The fourth-order valence-electron chi connectivity index (χ4n) is 1.69. The Hall–Kier alpha value is -1.95. The molecule has 0 bridgehead atoms. The van der Waals surface area contributed by atoms with Crippen LogP contribution in [0.4, 0.5) is 4.39 Å². The predicted molar refractivity (Wildman–Crippen MR) is 71.4 cm³/mol. The van der Waals surface area contributed by atoms with E-state index in [0.29, 0.717) is 5.88 Å². The SMILES string of the molecule is Fc1cccc(COc2ccc3ncc(Br)n3n2)c1. The third-order valence-corrected chi connectivity index (χ3v) is 3.11. The summed E-state index contributed by atoms with van der Waals surface area (Å²) < 4.78 is 20.9. The van der Waals surface area contributed by atoms with Crippen LogP contribution in [0.5, 0.6) is 5.88 Å². The Morgan fingerprint density at radius 3 is 3.00 bits per heavy atom. The van der Waals surface area contributed by atoms with Crippen molar-refractivity contribution in [1.29, 1.82) is 0 Å². The summed E-state index contributed by atoms with van der Waals surface area (Å²) in [6, 6.07) is 9.82. The minimum Gasteiger partial charge on any atom is -0.472 e. The van der Waals surface area contributed by atoms with Gasteiger partial charge in [0.25, 0.3) is 0 Å². The second-order valence-corrected chi connectivity index (χ2v) is 4.75. The summed E-state index contributed by atoms with van der Waals surface area (Å²) in [6.07, 6.45) is 1.67. The molecule has 3 rings (SSSR count). The summed E-state index contributed by atoms with van der Waals surface area (Å²) in [4.78, 5) is 4.14. The maximum atomic E-state index is 13.0. The first kappa shape index (κ1) is 12.1. The number of rotatable bonds is 3. The van der Waals surface area contributed by atoms with Crippen molar-refractivity contribution in [3.8, 4) is 5.88 Å². The number of benzene rings is 1. The fourth-order valence-corrected chi connectivity index (χ4v) is 2.05. The van der Waals surface area contributed by atoms with E-state index >= 15 is 0 Å². The molecule has 0 saturated carbocycles. The molecular formula is C13H9BrFN3O. The minimum absolute atomic E-state index is 0.266. The van der Waals surface area contributed by atoms with Crippen molar-refractivity contribution in [3.05, 3.63) is 58.6 Å². The van der Waals surface area contributed by atoms with Gasteiger partial charge in [0.1, 0.15) is 17.0 Å². The summed E-state index contributed by atoms with van der Waals surface area (Å²) >= 11 is 3.34. The van der Waals surface area contributed by atoms with Crippen LogP contribution in [0.15, 0.2) is 47.2 Å². The van der Waals surface area contributed by atoms with Crippen molar-refractivity contribution in [2.75, 3.05) is 0 Å². The van der Waals surface area contributed by atoms with E-state index in [2.05, 4.69) is 26.0 Å². The van der Waals surface area contributed by atoms with E-state index in [9.17, 15) is 4.39 Å². The Morgan fingerprint density at radius 1 is 1.26 bits per heavy atom. The van der Waals surface area contributed by atoms with E-state index in [0.717, 1.165) is 15.8 Å². The highest BCUT2D eigenvalue weighted by molar-refractivity contribution is 9.10. The van der Waals surface area contributed by atoms with Gasteiger partial charge in [-0.2, -0.15) is 0 Å². The topological polar surface area (TPSA) is 39.4 Å². The molecule has 4 nitrogen and oxygen atoms in total. The van der Waals surface area contributed by atoms with E-state index in [-0.39, 0.29) is 12.4 Å². The number of aromatic nitrogens is 3. The van der Waals surface area contributed by atoms with Crippen molar-refractivity contribution in [1.82, 2.24) is 14.6 Å². The fraction of sp³-hybridized carbons (Fsp3) is 0.0769. The van der Waals surface area contributed by atoms with Gasteiger partial charge in [-0.15, -0.1) is 5.10 Å². The van der Waals surface area contributed by atoms with E-state index in [1.807, 2.05) is 0 Å². The highest BCUT2D eigenvalue weighted by Gasteiger charge is 2.04. The number of nitrogens with zero attached hydrogens (tertiary/aromatic N) is 3. The second kappa shape index (κ2) is 4.97. The average Bonchev–Trinajstić information content (AvgIpc) is 2.78. The van der Waals surface area contributed by atoms with Crippen LogP contribution in [0.1, 0.15) is 5.56 Å². The van der Waals surface area contributed by atoms with Crippen LogP contribution in [0.25, 0.3) is 5.65 Å². The number of halogens is 2. The zero-order valence-electron chi connectivity index (χ0n) is 9.75. The number of imidazole rings is 1. The smallest absolute Gasteiger partial charge is 0.232 e. The van der Waals surface area contributed by atoms with E-state index in [1.54, 1.807) is 35.0 Å². The predicted octanol–water partition coefficient (Wildman–Crippen LogP) is 3.21. The molecule has 6 heteroatoms. The Morgan fingerprint density at radius 2 is 2.16 bits per heavy atom. The largest absolute Gasteiger partial charge is 0.472 e. The van der Waals surface area contributed by atoms with Gasteiger partial charge in [-0.1, -0.05) is 12.1 Å². The van der Waals surface area contributed by atoms with Gasteiger partial charge in [0.05, 0.1) is 6.20 Å². The van der Waals surface area contributed by atoms with Crippen LogP contribution in [0, 0.1) is 5.82 Å². The van der Waals surface area contributed by atoms with Gasteiger partial charge < -0.3 is 4.74 Å². The van der Waals surface area contributed by atoms with Crippen LogP contribution in [0.2, 0.25) is 0 Å². The van der Waals surface area contributed by atoms with Crippen LogP contribution < -0.4 is 4.74 Å². The lowest BCUT2D eigenvalue weighted by atomic mass is 10.2. The molecule has 0 aliphatic rings. The van der Waals surface area contributed by atoms with Crippen molar-refractivity contribution in [2.24, 2.45) is 0 Å². The van der Waals surface area contributed by atoms with Gasteiger partial charge in [0, 0.05) is 6.07 Å². The average molecular weight is 322 g/mol. The molecule has 0 N–H and O–H groups in total. The van der Waals surface area contributed by atoms with Crippen molar-refractivity contribution in [3.63, 3.8) is 0 Å². The third-order valence-electron chi connectivity index (χ3n) is 2.57. The molecule has 0 radical (unpaired) electrons.